The second-order valence-electron chi connectivity index (χ2n) is 6.19. The highest BCUT2D eigenvalue weighted by molar-refractivity contribution is 4.88. The van der Waals surface area contributed by atoms with E-state index in [4.69, 9.17) is 4.74 Å². The Balaban J connectivity index is -0.000000440. The molecule has 0 aliphatic carbocycles. The first-order valence-electron chi connectivity index (χ1n) is 10.3. The fourth-order valence-electron chi connectivity index (χ4n) is 2.54. The summed E-state index contributed by atoms with van der Waals surface area (Å²) in [6.07, 6.45) is 23.9. The van der Waals surface area contributed by atoms with Crippen LogP contribution in [0.25, 0.3) is 0 Å². The molecule has 26 heavy (non-hydrogen) atoms. The topological polar surface area (TPSA) is 9.23 Å². The Hall–Kier alpha value is -1.34. The summed E-state index contributed by atoms with van der Waals surface area (Å²) in [6.45, 7) is 22.7. The van der Waals surface area contributed by atoms with Crippen molar-refractivity contribution in [1.29, 1.82) is 0 Å². The summed E-state index contributed by atoms with van der Waals surface area (Å²) in [4.78, 5) is 0. The number of allylic oxidation sites excluding steroid dienone is 4. The summed E-state index contributed by atoms with van der Waals surface area (Å²) in [5, 5.41) is 0. The Kier molecular flexibility index (Phi) is 35.6. The third-order valence-corrected chi connectivity index (χ3v) is 3.99. The van der Waals surface area contributed by atoms with Crippen LogP contribution >= 0.6 is 0 Å². The normalized spacial score (nSPS) is 14.7. The zero-order valence-electron chi connectivity index (χ0n) is 17.7. The first kappa shape index (κ1) is 29.4. The van der Waals surface area contributed by atoms with E-state index < -0.39 is 0 Å². The summed E-state index contributed by atoms with van der Waals surface area (Å²) in [5.74, 6) is 0. The molecule has 1 aliphatic heterocycles. The lowest BCUT2D eigenvalue weighted by Gasteiger charge is -2.22. The van der Waals surface area contributed by atoms with Crippen LogP contribution in [0.4, 0.5) is 0 Å². The van der Waals surface area contributed by atoms with Gasteiger partial charge in [0.05, 0.1) is 6.10 Å². The Morgan fingerprint density at radius 3 is 1.58 bits per heavy atom. The van der Waals surface area contributed by atoms with Gasteiger partial charge in [-0.25, -0.2) is 0 Å². The molecule has 1 fully saturated rings. The van der Waals surface area contributed by atoms with Gasteiger partial charge in [-0.1, -0.05) is 109 Å². The Morgan fingerprint density at radius 1 is 0.731 bits per heavy atom. The summed E-state index contributed by atoms with van der Waals surface area (Å²) in [5.41, 5.74) is 0. The van der Waals surface area contributed by atoms with Crippen molar-refractivity contribution in [1.82, 2.24) is 0 Å². The number of rotatable bonds is 11. The van der Waals surface area contributed by atoms with Crippen LogP contribution in [0.2, 0.25) is 0 Å². The minimum absolute atomic E-state index is 0.605. The van der Waals surface area contributed by atoms with Crippen molar-refractivity contribution in [3.05, 3.63) is 63.8 Å². The second-order valence-corrected chi connectivity index (χ2v) is 6.19. The average molecular weight is 363 g/mol. The van der Waals surface area contributed by atoms with Crippen LogP contribution < -0.4 is 0 Å². The maximum absolute atomic E-state index is 5.74. The second kappa shape index (κ2) is 31.4. The molecule has 0 amide bonds. The van der Waals surface area contributed by atoms with Gasteiger partial charge in [-0.15, -0.1) is 13.2 Å². The van der Waals surface area contributed by atoms with E-state index in [9.17, 15) is 0 Å². The molecule has 1 unspecified atom stereocenters. The molecule has 0 N–H and O–H groups in total. The van der Waals surface area contributed by atoms with E-state index in [1.807, 2.05) is 0 Å². The third-order valence-electron chi connectivity index (χ3n) is 3.99. The van der Waals surface area contributed by atoms with E-state index in [0.29, 0.717) is 6.10 Å². The average Bonchev–Trinajstić information content (AvgIpc) is 2.72. The molecule has 0 aromatic carbocycles. The van der Waals surface area contributed by atoms with E-state index in [-0.39, 0.29) is 0 Å². The quantitative estimate of drug-likeness (QED) is 0.203. The smallest absolute Gasteiger partial charge is 0.0575 e. The van der Waals surface area contributed by atoms with Crippen LogP contribution in [0, 0.1) is 0 Å². The lowest BCUT2D eigenvalue weighted by molar-refractivity contribution is 0.00977. The molecule has 1 atom stereocenters. The van der Waals surface area contributed by atoms with Crippen LogP contribution in [0.1, 0.15) is 84.0 Å². The lowest BCUT2D eigenvalue weighted by Crippen LogP contribution is -2.18. The maximum atomic E-state index is 5.74. The molecule has 0 radical (unpaired) electrons. The van der Waals surface area contributed by atoms with Crippen molar-refractivity contribution in [2.45, 2.75) is 90.1 Å². The summed E-state index contributed by atoms with van der Waals surface area (Å²) >= 11 is 0. The third kappa shape index (κ3) is 30.5. The van der Waals surface area contributed by atoms with Gasteiger partial charge >= 0.3 is 0 Å². The maximum Gasteiger partial charge on any atom is 0.0575 e. The van der Waals surface area contributed by atoms with Gasteiger partial charge in [0.15, 0.2) is 0 Å². The number of hydrogen-bond donors (Lipinski definition) is 0. The van der Waals surface area contributed by atoms with Gasteiger partial charge in [0.2, 0.25) is 0 Å². The van der Waals surface area contributed by atoms with Gasteiger partial charge in [0.1, 0.15) is 0 Å². The molecule has 1 rings (SSSR count). The van der Waals surface area contributed by atoms with E-state index in [1.54, 1.807) is 24.3 Å². The molecule has 152 valence electrons. The van der Waals surface area contributed by atoms with Crippen molar-refractivity contribution in [2.75, 3.05) is 6.61 Å². The Morgan fingerprint density at radius 2 is 1.19 bits per heavy atom. The van der Waals surface area contributed by atoms with Gasteiger partial charge in [-0.3, -0.25) is 0 Å². The number of ether oxygens (including phenoxy) is 1. The van der Waals surface area contributed by atoms with Crippen LogP contribution in [-0.4, -0.2) is 12.7 Å². The van der Waals surface area contributed by atoms with Gasteiger partial charge in [-0.05, 0) is 25.7 Å². The predicted molar refractivity (Wildman–Crippen MR) is 123 cm³/mol. The van der Waals surface area contributed by atoms with Gasteiger partial charge in [-0.2, -0.15) is 0 Å². The van der Waals surface area contributed by atoms with E-state index in [2.05, 4.69) is 46.4 Å². The molecule has 1 nitrogen and oxygen atoms in total. The van der Waals surface area contributed by atoms with E-state index in [0.717, 1.165) is 6.61 Å². The molecule has 0 saturated carbocycles. The van der Waals surface area contributed by atoms with Crippen LogP contribution in [0.15, 0.2) is 63.8 Å². The highest BCUT2D eigenvalue weighted by atomic mass is 16.5. The summed E-state index contributed by atoms with van der Waals surface area (Å²) in [7, 11) is 0. The zero-order chi connectivity index (χ0) is 20.3. The van der Waals surface area contributed by atoms with Crippen molar-refractivity contribution in [2.24, 2.45) is 0 Å². The fourth-order valence-corrected chi connectivity index (χ4v) is 2.54. The molecule has 1 heteroatoms. The SMILES string of the molecule is C=C.C=CC=C.C=CC=C.CCCCCCCCCCC1CCCCO1. The molecule has 0 bridgehead atoms. The Labute approximate surface area is 165 Å². The lowest BCUT2D eigenvalue weighted by atomic mass is 10.0. The molecule has 0 aromatic rings. The van der Waals surface area contributed by atoms with Crippen molar-refractivity contribution >= 4 is 0 Å². The van der Waals surface area contributed by atoms with Crippen LogP contribution in [-0.2, 0) is 4.74 Å². The molecule has 0 aromatic heterocycles. The first-order chi connectivity index (χ1) is 12.8. The molecule has 0 spiro atoms. The molecule has 1 aliphatic rings. The Bertz CT molecular complexity index is 263. The molecule has 1 saturated heterocycles. The zero-order valence-corrected chi connectivity index (χ0v) is 17.7. The predicted octanol–water partition coefficient (Wildman–Crippen LogP) is 8.61. The fraction of sp³-hybridized carbons (Fsp3) is 0.600. The van der Waals surface area contributed by atoms with Crippen LogP contribution in [0.3, 0.4) is 0 Å². The van der Waals surface area contributed by atoms with Crippen molar-refractivity contribution in [3.8, 4) is 0 Å². The van der Waals surface area contributed by atoms with Gasteiger partial charge in [0.25, 0.3) is 0 Å². The first-order valence-corrected chi connectivity index (χ1v) is 10.3. The summed E-state index contributed by atoms with van der Waals surface area (Å²) < 4.78 is 5.74. The minimum atomic E-state index is 0.605. The van der Waals surface area contributed by atoms with E-state index in [1.165, 1.54) is 77.0 Å². The highest BCUT2D eigenvalue weighted by Gasteiger charge is 2.12. The largest absolute Gasteiger partial charge is 0.378 e. The van der Waals surface area contributed by atoms with Gasteiger partial charge < -0.3 is 4.74 Å². The van der Waals surface area contributed by atoms with Crippen molar-refractivity contribution < 1.29 is 4.74 Å². The van der Waals surface area contributed by atoms with Crippen molar-refractivity contribution in [3.63, 3.8) is 0 Å². The van der Waals surface area contributed by atoms with Crippen LogP contribution in [0.5, 0.6) is 0 Å². The van der Waals surface area contributed by atoms with E-state index >= 15 is 0 Å². The molecular weight excluding hydrogens is 316 g/mol. The highest BCUT2D eigenvalue weighted by Crippen LogP contribution is 2.18. The summed E-state index contributed by atoms with van der Waals surface area (Å²) in [6, 6.07) is 0. The molecular formula is C25H46O. The van der Waals surface area contributed by atoms with Gasteiger partial charge in [0, 0.05) is 6.61 Å². The number of unbranched alkanes of at least 4 members (excludes halogenated alkanes) is 7. The standard InChI is InChI=1S/C15H30O.2C4H6.C2H4/c1-2-3-4-5-6-7-8-9-12-15-13-10-11-14-16-15;2*1-3-4-2;1-2/h15H,2-14H2,1H3;2*3-4H,1-2H2;1-2H2. The minimum Gasteiger partial charge on any atom is -0.378 e. The number of hydrogen-bond acceptors (Lipinski definition) is 1. The monoisotopic (exact) mass is 362 g/mol. The molecule has 1 heterocycles.